The van der Waals surface area contributed by atoms with Gasteiger partial charge in [0.1, 0.15) is 0 Å². The molecule has 2 aliphatic heterocycles. The van der Waals surface area contributed by atoms with Crippen molar-refractivity contribution in [2.75, 3.05) is 65.4 Å². The molecule has 1 N–H and O–H groups in total. The normalized spacial score (nSPS) is 20.1. The summed E-state index contributed by atoms with van der Waals surface area (Å²) in [5.74, 6) is -3.85. The molecule has 0 aliphatic carbocycles. The number of rotatable bonds is 6. The lowest BCUT2D eigenvalue weighted by molar-refractivity contribution is -0.145. The zero-order valence-electron chi connectivity index (χ0n) is 13.9. The minimum absolute atomic E-state index is 0. The van der Waals surface area contributed by atoms with Crippen LogP contribution in [0, 0.1) is 0 Å². The molecule has 2 aliphatic rings. The Hall–Kier alpha value is -0.350. The van der Waals surface area contributed by atoms with E-state index in [-0.39, 0.29) is 30.7 Å². The second-order valence-electron chi connectivity index (χ2n) is 6.06. The predicted molar refractivity (Wildman–Crippen MR) is 92.4 cm³/mol. The Bertz CT molecular complexity index is 393. The lowest BCUT2D eigenvalue weighted by atomic mass is 10.2. The molecule has 11 heteroatoms. The van der Waals surface area contributed by atoms with Gasteiger partial charge in [-0.15, -0.1) is 24.8 Å². The summed E-state index contributed by atoms with van der Waals surface area (Å²) in [6, 6.07) is 0. The third-order valence-electron chi connectivity index (χ3n) is 4.33. The number of alkyl halides is 4. The van der Waals surface area contributed by atoms with E-state index in [0.717, 1.165) is 26.2 Å². The van der Waals surface area contributed by atoms with E-state index in [2.05, 4.69) is 5.32 Å². The molecule has 0 saturated carbocycles. The first-order valence-electron chi connectivity index (χ1n) is 7.97. The Morgan fingerprint density at radius 1 is 0.960 bits per heavy atom. The average molecular weight is 413 g/mol. The second kappa shape index (κ2) is 11.4. The van der Waals surface area contributed by atoms with Crippen LogP contribution in [0.5, 0.6) is 0 Å². The van der Waals surface area contributed by atoms with Crippen molar-refractivity contribution in [1.29, 1.82) is 0 Å². The SMILES string of the molecule is Cl.Cl.O=C(CCN1CCN(CC(F)(F)C(F)F)CC1)N1CCNCC1. The molecule has 0 radical (unpaired) electrons. The highest BCUT2D eigenvalue weighted by atomic mass is 35.5. The topological polar surface area (TPSA) is 38.8 Å². The summed E-state index contributed by atoms with van der Waals surface area (Å²) in [4.78, 5) is 17.3. The first-order chi connectivity index (χ1) is 10.9. The lowest BCUT2D eigenvalue weighted by Crippen LogP contribution is -2.52. The molecule has 25 heavy (non-hydrogen) atoms. The Kier molecular flexibility index (Phi) is 11.2. The molecule has 0 bridgehead atoms. The molecule has 2 rings (SSSR count). The highest BCUT2D eigenvalue weighted by Gasteiger charge is 2.42. The molecule has 150 valence electrons. The molecule has 2 fully saturated rings. The van der Waals surface area contributed by atoms with Gasteiger partial charge in [-0.1, -0.05) is 0 Å². The summed E-state index contributed by atoms with van der Waals surface area (Å²) in [5, 5.41) is 3.18. The molecular formula is C14H26Cl2F4N4O. The van der Waals surface area contributed by atoms with Crippen LogP contribution in [0.2, 0.25) is 0 Å². The molecule has 2 saturated heterocycles. The van der Waals surface area contributed by atoms with Gasteiger partial charge >= 0.3 is 12.3 Å². The molecule has 0 spiro atoms. The first kappa shape index (κ1) is 24.7. The summed E-state index contributed by atoms with van der Waals surface area (Å²) in [7, 11) is 0. The van der Waals surface area contributed by atoms with Gasteiger partial charge in [0.2, 0.25) is 5.91 Å². The number of hydrogen-bond acceptors (Lipinski definition) is 4. The number of carbonyl (C=O) groups is 1. The van der Waals surface area contributed by atoms with E-state index < -0.39 is 18.9 Å². The van der Waals surface area contributed by atoms with E-state index in [4.69, 9.17) is 0 Å². The molecule has 0 aromatic rings. The van der Waals surface area contributed by atoms with Crippen LogP contribution >= 0.6 is 24.8 Å². The van der Waals surface area contributed by atoms with Crippen LogP contribution < -0.4 is 5.32 Å². The molecule has 0 aromatic heterocycles. The smallest absolute Gasteiger partial charge is 0.319 e. The van der Waals surface area contributed by atoms with Crippen LogP contribution in [0.4, 0.5) is 17.6 Å². The maximum Gasteiger partial charge on any atom is 0.319 e. The Morgan fingerprint density at radius 2 is 1.48 bits per heavy atom. The highest BCUT2D eigenvalue weighted by Crippen LogP contribution is 2.24. The molecule has 0 unspecified atom stereocenters. The van der Waals surface area contributed by atoms with Gasteiger partial charge in [-0.25, -0.2) is 8.78 Å². The zero-order chi connectivity index (χ0) is 16.9. The lowest BCUT2D eigenvalue weighted by Gasteiger charge is -2.36. The van der Waals surface area contributed by atoms with Gasteiger partial charge in [-0.2, -0.15) is 8.78 Å². The largest absolute Gasteiger partial charge is 0.340 e. The maximum absolute atomic E-state index is 13.0. The van der Waals surface area contributed by atoms with E-state index >= 15 is 0 Å². The summed E-state index contributed by atoms with van der Waals surface area (Å²) in [6.45, 7) is 4.42. The van der Waals surface area contributed by atoms with E-state index in [1.54, 1.807) is 0 Å². The highest BCUT2D eigenvalue weighted by molar-refractivity contribution is 5.85. The fourth-order valence-electron chi connectivity index (χ4n) is 2.86. The van der Waals surface area contributed by atoms with Crippen molar-refractivity contribution in [3.63, 3.8) is 0 Å². The summed E-state index contributed by atoms with van der Waals surface area (Å²) < 4.78 is 50.4. The number of halogens is 6. The number of nitrogens with one attached hydrogen (secondary N) is 1. The van der Waals surface area contributed by atoms with Crippen molar-refractivity contribution in [2.24, 2.45) is 0 Å². The van der Waals surface area contributed by atoms with Gasteiger partial charge in [0, 0.05) is 65.3 Å². The van der Waals surface area contributed by atoms with Crippen LogP contribution in [-0.4, -0.2) is 98.4 Å². The van der Waals surface area contributed by atoms with Gasteiger partial charge in [0.15, 0.2) is 0 Å². The Balaban J connectivity index is 0.00000288. The minimum Gasteiger partial charge on any atom is -0.340 e. The van der Waals surface area contributed by atoms with E-state index in [1.807, 2.05) is 9.80 Å². The van der Waals surface area contributed by atoms with Gasteiger partial charge in [-0.05, 0) is 0 Å². The maximum atomic E-state index is 13.0. The van der Waals surface area contributed by atoms with Crippen LogP contribution in [0.15, 0.2) is 0 Å². The molecule has 0 atom stereocenters. The van der Waals surface area contributed by atoms with Crippen molar-refractivity contribution in [3.05, 3.63) is 0 Å². The van der Waals surface area contributed by atoms with Crippen LogP contribution in [0.3, 0.4) is 0 Å². The van der Waals surface area contributed by atoms with Crippen LogP contribution in [-0.2, 0) is 4.79 Å². The predicted octanol–water partition coefficient (Wildman–Crippen LogP) is 1.17. The van der Waals surface area contributed by atoms with Crippen LogP contribution in [0.25, 0.3) is 0 Å². The van der Waals surface area contributed by atoms with E-state index in [9.17, 15) is 22.4 Å². The average Bonchev–Trinajstić information content (AvgIpc) is 2.54. The van der Waals surface area contributed by atoms with Gasteiger partial charge < -0.3 is 15.1 Å². The molecule has 5 nitrogen and oxygen atoms in total. The van der Waals surface area contributed by atoms with Gasteiger partial charge in [0.25, 0.3) is 0 Å². The monoisotopic (exact) mass is 412 g/mol. The molecule has 0 aromatic carbocycles. The summed E-state index contributed by atoms with van der Waals surface area (Å²) in [6.07, 6.45) is -3.22. The van der Waals surface area contributed by atoms with Crippen molar-refractivity contribution in [1.82, 2.24) is 20.0 Å². The summed E-state index contributed by atoms with van der Waals surface area (Å²) >= 11 is 0. The standard InChI is InChI=1S/C14H24F4N4O.2ClH/c15-13(16)14(17,18)11-21-9-7-20(8-10-21)4-1-12(23)22-5-2-19-3-6-22;;/h13,19H,1-11H2;2*1H. The third-order valence-corrected chi connectivity index (χ3v) is 4.33. The van der Waals surface area contributed by atoms with E-state index in [1.165, 1.54) is 4.90 Å². The van der Waals surface area contributed by atoms with E-state index in [0.29, 0.717) is 39.1 Å². The Morgan fingerprint density at radius 3 is 2.00 bits per heavy atom. The first-order valence-corrected chi connectivity index (χ1v) is 7.97. The third kappa shape index (κ3) is 7.82. The van der Waals surface area contributed by atoms with Crippen molar-refractivity contribution < 1.29 is 22.4 Å². The van der Waals surface area contributed by atoms with Crippen LogP contribution in [0.1, 0.15) is 6.42 Å². The fraction of sp³-hybridized carbons (Fsp3) is 0.929. The number of hydrogen-bond donors (Lipinski definition) is 1. The Labute approximate surface area is 157 Å². The number of amides is 1. The summed E-state index contributed by atoms with van der Waals surface area (Å²) in [5.41, 5.74) is 0. The zero-order valence-corrected chi connectivity index (χ0v) is 15.6. The van der Waals surface area contributed by atoms with Gasteiger partial charge in [0.05, 0.1) is 6.54 Å². The van der Waals surface area contributed by atoms with Crippen molar-refractivity contribution >= 4 is 30.7 Å². The number of nitrogens with zero attached hydrogens (tertiary/aromatic N) is 3. The molecule has 1 amide bonds. The second-order valence-corrected chi connectivity index (χ2v) is 6.06. The van der Waals surface area contributed by atoms with Gasteiger partial charge in [-0.3, -0.25) is 9.69 Å². The number of piperazine rings is 2. The quantitative estimate of drug-likeness (QED) is 0.664. The van der Waals surface area contributed by atoms with Crippen molar-refractivity contribution in [3.8, 4) is 0 Å². The molecular weight excluding hydrogens is 387 g/mol. The molecule has 2 heterocycles. The minimum atomic E-state index is -3.96. The van der Waals surface area contributed by atoms with Crippen molar-refractivity contribution in [2.45, 2.75) is 18.8 Å². The fourth-order valence-corrected chi connectivity index (χ4v) is 2.86. The number of carbonyl (C=O) groups excluding carboxylic acids is 1.